The van der Waals surface area contributed by atoms with E-state index >= 15 is 0 Å². The number of anilines is 1. The first-order valence-corrected chi connectivity index (χ1v) is 11.2. The Morgan fingerprint density at radius 3 is 2.38 bits per heavy atom. The number of carbonyl (C=O) groups is 1. The number of carbonyl (C=O) groups excluding carboxylic acids is 1. The van der Waals surface area contributed by atoms with Gasteiger partial charge < -0.3 is 14.8 Å². The van der Waals surface area contributed by atoms with Gasteiger partial charge in [0.1, 0.15) is 22.5 Å². The molecule has 0 aliphatic heterocycles. The summed E-state index contributed by atoms with van der Waals surface area (Å²) in [6.45, 7) is 6.27. The number of thiocarbonyl (C=S) groups is 1. The van der Waals surface area contributed by atoms with E-state index in [0.29, 0.717) is 17.9 Å². The first-order chi connectivity index (χ1) is 16.4. The molecule has 1 heterocycles. The monoisotopic (exact) mass is 475 g/mol. The summed E-state index contributed by atoms with van der Waals surface area (Å²) in [6, 6.07) is 18.9. The maximum atomic E-state index is 12.3. The Labute approximate surface area is 202 Å². The molecular weight excluding hydrogens is 450 g/mol. The second-order valence-corrected chi connectivity index (χ2v) is 8.04. The fourth-order valence-corrected chi connectivity index (χ4v) is 3.56. The molecule has 4 rings (SSSR count). The Hall–Kier alpha value is -3.98. The number of nitrogens with zero attached hydrogens (tertiary/aromatic N) is 3. The van der Waals surface area contributed by atoms with Gasteiger partial charge in [-0.1, -0.05) is 18.2 Å². The van der Waals surface area contributed by atoms with Crippen LogP contribution in [0.5, 0.6) is 11.5 Å². The van der Waals surface area contributed by atoms with Gasteiger partial charge in [0, 0.05) is 5.69 Å². The maximum absolute atomic E-state index is 12.3. The van der Waals surface area contributed by atoms with Crippen molar-refractivity contribution in [2.24, 2.45) is 0 Å². The molecule has 34 heavy (non-hydrogen) atoms. The minimum Gasteiger partial charge on any atom is -0.494 e. The van der Waals surface area contributed by atoms with Gasteiger partial charge in [-0.2, -0.15) is 4.80 Å². The van der Waals surface area contributed by atoms with Gasteiger partial charge in [0.2, 0.25) is 0 Å². The number of aryl methyl sites for hydroxylation is 2. The summed E-state index contributed by atoms with van der Waals surface area (Å²) < 4.78 is 11.1. The smallest absolute Gasteiger partial charge is 0.264 e. The van der Waals surface area contributed by atoms with Crippen LogP contribution in [-0.2, 0) is 4.79 Å². The summed E-state index contributed by atoms with van der Waals surface area (Å²) in [4.78, 5) is 13.8. The van der Waals surface area contributed by atoms with E-state index in [2.05, 4.69) is 20.8 Å². The van der Waals surface area contributed by atoms with Crippen molar-refractivity contribution in [3.8, 4) is 17.2 Å². The van der Waals surface area contributed by atoms with Crippen LogP contribution in [0.25, 0.3) is 16.7 Å². The fourth-order valence-electron chi connectivity index (χ4n) is 3.34. The molecular formula is C25H25N5O3S. The van der Waals surface area contributed by atoms with Crippen molar-refractivity contribution < 1.29 is 14.3 Å². The van der Waals surface area contributed by atoms with Gasteiger partial charge in [0.15, 0.2) is 11.7 Å². The number of fused-ring (bicyclic) bond motifs is 1. The van der Waals surface area contributed by atoms with E-state index in [4.69, 9.17) is 21.7 Å². The molecule has 0 aliphatic rings. The summed E-state index contributed by atoms with van der Waals surface area (Å²) in [5, 5.41) is 15.0. The van der Waals surface area contributed by atoms with Gasteiger partial charge in [-0.15, -0.1) is 10.2 Å². The van der Waals surface area contributed by atoms with Crippen LogP contribution < -0.4 is 20.1 Å². The van der Waals surface area contributed by atoms with Gasteiger partial charge in [-0.3, -0.25) is 10.1 Å². The standard InChI is InChI=1S/C25H25N5O3S/c1-4-32-19-11-9-18(10-12-19)30-28-21-13-17(3)20(14-22(21)29-30)26-25(34)27-24(31)15-33-23-8-6-5-7-16(23)2/h5-14H,4,15H2,1-3H3,(H2,26,27,31,34). The summed E-state index contributed by atoms with van der Waals surface area (Å²) in [6.07, 6.45) is 0. The van der Waals surface area contributed by atoms with Crippen LogP contribution in [0.4, 0.5) is 5.69 Å². The number of hydrogen-bond donors (Lipinski definition) is 2. The quantitative estimate of drug-likeness (QED) is 0.385. The lowest BCUT2D eigenvalue weighted by Crippen LogP contribution is -2.37. The number of nitrogens with one attached hydrogen (secondary N) is 2. The Bertz CT molecular complexity index is 1330. The molecule has 0 atom stereocenters. The Morgan fingerprint density at radius 2 is 1.68 bits per heavy atom. The van der Waals surface area contributed by atoms with E-state index in [1.807, 2.05) is 81.4 Å². The van der Waals surface area contributed by atoms with E-state index in [-0.39, 0.29) is 17.6 Å². The molecule has 1 aromatic heterocycles. The molecule has 0 bridgehead atoms. The number of aromatic nitrogens is 3. The molecule has 8 nitrogen and oxygen atoms in total. The second-order valence-electron chi connectivity index (χ2n) is 7.63. The largest absolute Gasteiger partial charge is 0.494 e. The predicted octanol–water partition coefficient (Wildman–Crippen LogP) is 4.33. The van der Waals surface area contributed by atoms with E-state index in [1.165, 1.54) is 0 Å². The van der Waals surface area contributed by atoms with Crippen LogP contribution >= 0.6 is 12.2 Å². The highest BCUT2D eigenvalue weighted by atomic mass is 32.1. The van der Waals surface area contributed by atoms with E-state index in [9.17, 15) is 4.79 Å². The van der Waals surface area contributed by atoms with Crippen LogP contribution in [0.3, 0.4) is 0 Å². The Balaban J connectivity index is 1.41. The first kappa shape index (κ1) is 23.2. The summed E-state index contributed by atoms with van der Waals surface area (Å²) >= 11 is 5.31. The Kier molecular flexibility index (Phi) is 7.03. The lowest BCUT2D eigenvalue weighted by Gasteiger charge is -2.12. The molecule has 0 fully saturated rings. The SMILES string of the molecule is CCOc1ccc(-n2nc3cc(C)c(NC(=S)NC(=O)COc4ccccc4C)cc3n2)cc1. The molecule has 0 saturated carbocycles. The third-order valence-corrected chi connectivity index (χ3v) is 5.26. The van der Waals surface area contributed by atoms with Crippen LogP contribution in [0.15, 0.2) is 60.7 Å². The van der Waals surface area contributed by atoms with E-state index < -0.39 is 0 Å². The normalized spacial score (nSPS) is 10.7. The molecule has 3 aromatic carbocycles. The lowest BCUT2D eigenvalue weighted by atomic mass is 10.2. The van der Waals surface area contributed by atoms with Crippen LogP contribution in [0.1, 0.15) is 18.1 Å². The maximum Gasteiger partial charge on any atom is 0.264 e. The second kappa shape index (κ2) is 10.3. The van der Waals surface area contributed by atoms with E-state index in [0.717, 1.165) is 33.8 Å². The number of para-hydroxylation sites is 1. The summed E-state index contributed by atoms with van der Waals surface area (Å²) in [5.41, 5.74) is 4.87. The highest BCUT2D eigenvalue weighted by Crippen LogP contribution is 2.23. The number of ether oxygens (including phenoxy) is 2. The van der Waals surface area contributed by atoms with Crippen molar-refractivity contribution in [1.82, 2.24) is 20.3 Å². The molecule has 174 valence electrons. The molecule has 0 unspecified atom stereocenters. The van der Waals surface area contributed by atoms with Crippen molar-refractivity contribution in [3.05, 3.63) is 71.8 Å². The van der Waals surface area contributed by atoms with Gasteiger partial charge in [0.25, 0.3) is 5.91 Å². The average Bonchev–Trinajstić information content (AvgIpc) is 3.22. The van der Waals surface area contributed by atoms with Gasteiger partial charge in [0.05, 0.1) is 12.3 Å². The van der Waals surface area contributed by atoms with Crippen molar-refractivity contribution >= 4 is 40.0 Å². The van der Waals surface area contributed by atoms with Crippen LogP contribution in [0, 0.1) is 13.8 Å². The third kappa shape index (κ3) is 5.49. The highest BCUT2D eigenvalue weighted by molar-refractivity contribution is 7.80. The number of hydrogen-bond acceptors (Lipinski definition) is 6. The van der Waals surface area contributed by atoms with Gasteiger partial charge in [-0.25, -0.2) is 0 Å². The molecule has 2 N–H and O–H groups in total. The summed E-state index contributed by atoms with van der Waals surface area (Å²) in [5.74, 6) is 1.11. The zero-order chi connectivity index (χ0) is 24.1. The lowest BCUT2D eigenvalue weighted by molar-refractivity contribution is -0.121. The fraction of sp³-hybridized carbons (Fsp3) is 0.200. The summed E-state index contributed by atoms with van der Waals surface area (Å²) in [7, 11) is 0. The third-order valence-electron chi connectivity index (χ3n) is 5.06. The minimum atomic E-state index is -0.346. The number of benzene rings is 3. The number of rotatable bonds is 7. The molecule has 0 radical (unpaired) electrons. The van der Waals surface area contributed by atoms with Gasteiger partial charge >= 0.3 is 0 Å². The topological polar surface area (TPSA) is 90.3 Å². The van der Waals surface area contributed by atoms with E-state index in [1.54, 1.807) is 4.80 Å². The zero-order valence-electron chi connectivity index (χ0n) is 19.2. The number of amides is 1. The Morgan fingerprint density at radius 1 is 0.971 bits per heavy atom. The minimum absolute atomic E-state index is 0.138. The highest BCUT2D eigenvalue weighted by Gasteiger charge is 2.12. The van der Waals surface area contributed by atoms with Crippen molar-refractivity contribution in [3.63, 3.8) is 0 Å². The first-order valence-electron chi connectivity index (χ1n) is 10.8. The van der Waals surface area contributed by atoms with Crippen molar-refractivity contribution in [2.45, 2.75) is 20.8 Å². The molecule has 0 saturated heterocycles. The van der Waals surface area contributed by atoms with Crippen LogP contribution in [-0.4, -0.2) is 39.2 Å². The molecule has 0 aliphatic carbocycles. The average molecular weight is 476 g/mol. The van der Waals surface area contributed by atoms with Crippen molar-refractivity contribution in [2.75, 3.05) is 18.5 Å². The molecule has 1 amide bonds. The zero-order valence-corrected chi connectivity index (χ0v) is 20.0. The molecule has 4 aromatic rings. The van der Waals surface area contributed by atoms with Gasteiger partial charge in [-0.05, 0) is 86.6 Å². The molecule has 0 spiro atoms. The van der Waals surface area contributed by atoms with Crippen LogP contribution in [0.2, 0.25) is 0 Å². The molecule has 9 heteroatoms. The predicted molar refractivity (Wildman–Crippen MR) is 136 cm³/mol. The van der Waals surface area contributed by atoms with Crippen molar-refractivity contribution in [1.29, 1.82) is 0 Å².